The summed E-state index contributed by atoms with van der Waals surface area (Å²) in [4.78, 5) is 77.7. The number of methoxy groups -OCH3 is 1. The van der Waals surface area contributed by atoms with E-state index in [9.17, 15) is 34.2 Å². The summed E-state index contributed by atoms with van der Waals surface area (Å²) >= 11 is 13.0. The van der Waals surface area contributed by atoms with Gasteiger partial charge in [-0.25, -0.2) is 4.68 Å². The number of aromatic nitrogens is 3. The molecule has 0 radical (unpaired) electrons. The van der Waals surface area contributed by atoms with Gasteiger partial charge in [0.1, 0.15) is 18.1 Å². The maximum Gasteiger partial charge on any atom is 0.317 e. The number of carbonyl (C=O) groups excluding carboxylic acids is 3. The number of carbonyl (C=O) groups is 5. The van der Waals surface area contributed by atoms with E-state index in [1.807, 2.05) is 36.6 Å². The van der Waals surface area contributed by atoms with Crippen LogP contribution in [0.15, 0.2) is 48.8 Å². The van der Waals surface area contributed by atoms with Crippen LogP contribution in [0.1, 0.15) is 43.2 Å². The number of pyridine rings is 1. The largest absolute Gasteiger partial charge is 0.496 e. The van der Waals surface area contributed by atoms with E-state index in [0.29, 0.717) is 133 Å². The van der Waals surface area contributed by atoms with Crippen LogP contribution in [0.5, 0.6) is 11.5 Å². The van der Waals surface area contributed by atoms with Gasteiger partial charge in [-0.05, 0) is 50.7 Å². The highest BCUT2D eigenvalue weighted by Crippen LogP contribution is 2.47. The number of nitrogens with one attached hydrogen (secondary N) is 2. The number of halogens is 2. The fraction of sp³-hybridized carbons (Fsp3) is 0.500. The first-order valence-corrected chi connectivity index (χ1v) is 25.0. The highest BCUT2D eigenvalue weighted by Gasteiger charge is 2.39. The van der Waals surface area contributed by atoms with E-state index in [2.05, 4.69) is 20.5 Å². The normalized spacial score (nSPS) is 17.0. The van der Waals surface area contributed by atoms with E-state index in [1.54, 1.807) is 58.1 Å². The van der Waals surface area contributed by atoms with E-state index in [-0.39, 0.29) is 75.8 Å². The van der Waals surface area contributed by atoms with Crippen LogP contribution < -0.4 is 20.1 Å². The van der Waals surface area contributed by atoms with E-state index in [1.165, 1.54) is 6.20 Å². The Morgan fingerprint density at radius 2 is 1.42 bits per heavy atom. The zero-order valence-corrected chi connectivity index (χ0v) is 43.2. The molecule has 5 heterocycles. The Kier molecular flexibility index (Phi) is 19.1. The maximum absolute atomic E-state index is 14.4. The standard InChI is InChI=1S/C50H64Cl2N10O11/c1-5-57-8-10-58(12-13-60(30-46(67)68)15-14-59(11-9-57)29-45(65)66)28-44(64)54-7-18-71-17-6-43(63)55-36-20-33(26-53-27-36)38-24-39-42(25-41(38)70-4)73-31-40-47(49(69)61-16-19-72-32-50(61,2)3)56-62(48(39)40)37-22-34(51)21-35(52)23-37/h20-27H,5-19,28-32H2,1-4H3,(H,54,64)(H,55,63)(H,65,66)(H,67,68). The number of morpholine rings is 1. The number of rotatable bonds is 18. The first-order chi connectivity index (χ1) is 35.0. The summed E-state index contributed by atoms with van der Waals surface area (Å²) in [5.41, 5.74) is 3.70. The summed E-state index contributed by atoms with van der Waals surface area (Å²) in [6.07, 6.45) is 3.21. The average Bonchev–Trinajstić information content (AvgIpc) is 3.74. The van der Waals surface area contributed by atoms with E-state index >= 15 is 0 Å². The quantitative estimate of drug-likeness (QED) is 0.103. The highest BCUT2D eigenvalue weighted by atomic mass is 35.5. The van der Waals surface area contributed by atoms with Crippen molar-refractivity contribution in [2.45, 2.75) is 39.3 Å². The maximum atomic E-state index is 14.4. The third kappa shape index (κ3) is 14.7. The van der Waals surface area contributed by atoms with Crippen molar-refractivity contribution in [3.8, 4) is 39.6 Å². The summed E-state index contributed by atoms with van der Waals surface area (Å²) in [5.74, 6) is -1.72. The first-order valence-electron chi connectivity index (χ1n) is 24.3. The van der Waals surface area contributed by atoms with E-state index in [4.69, 9.17) is 47.2 Å². The molecule has 0 bridgehead atoms. The van der Waals surface area contributed by atoms with Crippen LogP contribution in [-0.4, -0.2) is 210 Å². The lowest BCUT2D eigenvalue weighted by atomic mass is 9.95. The van der Waals surface area contributed by atoms with E-state index in [0.717, 1.165) is 6.54 Å². The number of aliphatic carboxylic acids is 2. The molecule has 4 aromatic rings. The molecule has 7 rings (SSSR count). The molecule has 0 aliphatic carbocycles. The molecule has 23 heteroatoms. The first kappa shape index (κ1) is 54.9. The predicted octanol–water partition coefficient (Wildman–Crippen LogP) is 3.93. The Morgan fingerprint density at radius 3 is 2.04 bits per heavy atom. The lowest BCUT2D eigenvalue weighted by Gasteiger charge is -2.41. The lowest BCUT2D eigenvalue weighted by molar-refractivity contribution is -0.140. The van der Waals surface area contributed by atoms with Crippen molar-refractivity contribution in [3.05, 3.63) is 70.1 Å². The summed E-state index contributed by atoms with van der Waals surface area (Å²) in [5, 5.41) is 30.4. The minimum absolute atomic E-state index is 0.0310. The zero-order valence-electron chi connectivity index (χ0n) is 41.7. The Morgan fingerprint density at radius 1 is 0.781 bits per heavy atom. The predicted molar refractivity (Wildman–Crippen MR) is 273 cm³/mol. The number of carboxylic acid groups (broad SMARTS) is 2. The molecule has 3 aliphatic rings. The van der Waals surface area contributed by atoms with Crippen LogP contribution in [0, 0.1) is 0 Å². The van der Waals surface area contributed by atoms with Crippen molar-refractivity contribution in [1.29, 1.82) is 0 Å². The number of amides is 3. The number of anilines is 1. The third-order valence-electron chi connectivity index (χ3n) is 12.9. The lowest BCUT2D eigenvalue weighted by Crippen LogP contribution is -2.55. The van der Waals surface area contributed by atoms with Crippen molar-refractivity contribution in [2.24, 2.45) is 0 Å². The van der Waals surface area contributed by atoms with Gasteiger partial charge in [-0.15, -0.1) is 0 Å². The second-order valence-electron chi connectivity index (χ2n) is 18.6. The molecule has 2 aromatic carbocycles. The molecule has 0 unspecified atom stereocenters. The molecule has 3 amide bonds. The van der Waals surface area contributed by atoms with E-state index < -0.39 is 17.5 Å². The van der Waals surface area contributed by atoms with Gasteiger partial charge in [-0.2, -0.15) is 5.10 Å². The number of hydrogen-bond donors (Lipinski definition) is 4. The monoisotopic (exact) mass is 1050 g/mol. The van der Waals surface area contributed by atoms with Crippen molar-refractivity contribution in [1.82, 2.24) is 44.6 Å². The molecule has 0 atom stereocenters. The number of likely N-dealkylation sites (N-methyl/N-ethyl adjacent to an activating group) is 1. The van der Waals surface area contributed by atoms with Crippen LogP contribution in [0.25, 0.3) is 28.1 Å². The Bertz CT molecular complexity index is 2610. The number of ether oxygens (including phenoxy) is 4. The molecule has 4 N–H and O–H groups in total. The van der Waals surface area contributed by atoms with Gasteiger partial charge in [0.25, 0.3) is 5.91 Å². The SMILES string of the molecule is CCN1CCN(CC(=O)O)CCN(CC(=O)O)CCN(CC(=O)NCCOCCC(=O)Nc2cncc(-c3cc4c(cc3OC)OCc3c(C(=O)N5CCOCC5(C)C)nn(-c5cc(Cl)cc(Cl)c5)c3-4)c2)CC1. The molecule has 394 valence electrons. The van der Waals surface area contributed by atoms with Crippen LogP contribution in [0.3, 0.4) is 0 Å². The average molecular weight is 1050 g/mol. The fourth-order valence-electron chi connectivity index (χ4n) is 9.08. The second-order valence-corrected chi connectivity index (χ2v) is 19.5. The fourth-order valence-corrected chi connectivity index (χ4v) is 9.59. The summed E-state index contributed by atoms with van der Waals surface area (Å²) in [7, 11) is 1.55. The number of hydrogen-bond acceptors (Lipinski definition) is 15. The summed E-state index contributed by atoms with van der Waals surface area (Å²) in [6, 6.07) is 10.5. The molecule has 0 spiro atoms. The molecule has 2 saturated heterocycles. The minimum Gasteiger partial charge on any atom is -0.496 e. The van der Waals surface area contributed by atoms with Crippen molar-refractivity contribution in [2.75, 3.05) is 130 Å². The number of fused-ring (bicyclic) bond motifs is 3. The van der Waals surface area contributed by atoms with Gasteiger partial charge in [0.15, 0.2) is 5.69 Å². The smallest absolute Gasteiger partial charge is 0.317 e. The Balaban J connectivity index is 0.964. The van der Waals surface area contributed by atoms with Gasteiger partial charge in [-0.1, -0.05) is 30.1 Å². The minimum atomic E-state index is -0.979. The highest BCUT2D eigenvalue weighted by molar-refractivity contribution is 6.34. The molecule has 73 heavy (non-hydrogen) atoms. The van der Waals surface area contributed by atoms with Gasteiger partial charge in [-0.3, -0.25) is 43.7 Å². The second kappa shape index (κ2) is 25.4. The molecule has 2 aromatic heterocycles. The molecule has 21 nitrogen and oxygen atoms in total. The van der Waals surface area contributed by atoms with Gasteiger partial charge in [0, 0.05) is 110 Å². The Labute approximate surface area is 434 Å². The summed E-state index contributed by atoms with van der Waals surface area (Å²) < 4.78 is 25.3. The topological polar surface area (TPSA) is 234 Å². The number of nitrogens with zero attached hydrogens (tertiary/aromatic N) is 8. The third-order valence-corrected chi connectivity index (χ3v) is 13.4. The van der Waals surface area contributed by atoms with Crippen LogP contribution in [0.4, 0.5) is 5.69 Å². The van der Waals surface area contributed by atoms with Gasteiger partial charge >= 0.3 is 11.9 Å². The van der Waals surface area contributed by atoms with Crippen molar-refractivity contribution in [3.63, 3.8) is 0 Å². The van der Waals surface area contributed by atoms with Gasteiger partial charge in [0.05, 0.1) is 88.4 Å². The zero-order chi connectivity index (χ0) is 52.2. The molecular weight excluding hydrogens is 988 g/mol. The van der Waals surface area contributed by atoms with Crippen LogP contribution >= 0.6 is 23.2 Å². The Hall–Kier alpha value is -5.91. The van der Waals surface area contributed by atoms with Gasteiger partial charge in [0.2, 0.25) is 11.8 Å². The molecular formula is C50H64Cl2N10O11. The van der Waals surface area contributed by atoms with Gasteiger partial charge < -0.3 is 49.6 Å². The molecule has 0 saturated carbocycles. The van der Waals surface area contributed by atoms with Crippen molar-refractivity contribution >= 4 is 58.5 Å². The van der Waals surface area contributed by atoms with Crippen LogP contribution in [0.2, 0.25) is 10.0 Å². The molecule has 2 fully saturated rings. The summed E-state index contributed by atoms with van der Waals surface area (Å²) in [6.45, 7) is 12.2. The van der Waals surface area contributed by atoms with Crippen molar-refractivity contribution < 1.29 is 53.1 Å². The molecule has 3 aliphatic heterocycles. The number of benzene rings is 2. The van der Waals surface area contributed by atoms with Crippen LogP contribution in [-0.2, 0) is 35.3 Å². The number of carboxylic acids is 2.